The molecule has 0 unspecified atom stereocenters. The lowest BCUT2D eigenvalue weighted by atomic mass is 10.0. The molecule has 0 bridgehead atoms. The van der Waals surface area contributed by atoms with Crippen molar-refractivity contribution in [1.29, 1.82) is 0 Å². The molecule has 0 amide bonds. The Hall–Kier alpha value is -2.82. The smallest absolute Gasteiger partial charge is 0.306 e. The fraction of sp³-hybridized carbons (Fsp3) is 0.364. The molecule has 0 aliphatic heterocycles. The molecule has 0 saturated carbocycles. The van der Waals surface area contributed by atoms with E-state index in [2.05, 4.69) is 0 Å². The van der Waals surface area contributed by atoms with Gasteiger partial charge in [0.2, 0.25) is 0 Å². The summed E-state index contributed by atoms with van der Waals surface area (Å²) in [5.74, 6) is 0.779. The molecule has 27 heavy (non-hydrogen) atoms. The second-order valence-electron chi connectivity index (χ2n) is 6.64. The number of methoxy groups -OCH3 is 2. The Labute approximate surface area is 159 Å². The van der Waals surface area contributed by atoms with Gasteiger partial charge in [-0.15, -0.1) is 0 Å². The molecule has 0 N–H and O–H groups in total. The van der Waals surface area contributed by atoms with Crippen LogP contribution in [0, 0.1) is 0 Å². The Morgan fingerprint density at radius 2 is 1.63 bits per heavy atom. The highest BCUT2D eigenvalue weighted by Crippen LogP contribution is 2.24. The van der Waals surface area contributed by atoms with Crippen LogP contribution < -0.4 is 9.47 Å². The average molecular weight is 368 g/mol. The van der Waals surface area contributed by atoms with Crippen LogP contribution in [-0.2, 0) is 28.8 Å². The highest BCUT2D eigenvalue weighted by molar-refractivity contribution is 5.98. The van der Waals surface area contributed by atoms with Crippen LogP contribution >= 0.6 is 0 Å². The van der Waals surface area contributed by atoms with Crippen LogP contribution in [0.15, 0.2) is 36.4 Å². The number of carbonyl (C=O) groups excluding carboxylic acids is 2. The first kappa shape index (κ1) is 19.0. The molecule has 0 radical (unpaired) electrons. The molecule has 2 aromatic carbocycles. The highest BCUT2D eigenvalue weighted by atomic mass is 16.5. The fourth-order valence-corrected chi connectivity index (χ4v) is 3.30. The summed E-state index contributed by atoms with van der Waals surface area (Å²) in [7, 11) is 3.16. The van der Waals surface area contributed by atoms with Crippen LogP contribution in [0.2, 0.25) is 0 Å². The number of ketones is 1. The van der Waals surface area contributed by atoms with Crippen molar-refractivity contribution in [3.05, 3.63) is 58.7 Å². The lowest BCUT2D eigenvalue weighted by Gasteiger charge is -2.09. The van der Waals surface area contributed by atoms with Gasteiger partial charge in [-0.3, -0.25) is 9.59 Å². The Kier molecular flexibility index (Phi) is 6.12. The third-order valence-corrected chi connectivity index (χ3v) is 4.81. The molecule has 0 spiro atoms. The number of esters is 1. The molecular formula is C22H24O5. The normalized spacial score (nSPS) is 12.4. The van der Waals surface area contributed by atoms with Crippen LogP contribution in [-0.4, -0.2) is 32.6 Å². The molecule has 5 heteroatoms. The molecule has 0 aromatic heterocycles. The van der Waals surface area contributed by atoms with E-state index in [9.17, 15) is 9.59 Å². The molecule has 142 valence electrons. The minimum absolute atomic E-state index is 0.166. The zero-order valence-corrected chi connectivity index (χ0v) is 15.7. The summed E-state index contributed by atoms with van der Waals surface area (Å²) in [6, 6.07) is 11.2. The maximum absolute atomic E-state index is 12.3. The summed E-state index contributed by atoms with van der Waals surface area (Å²) in [6.07, 6.45) is 3.90. The van der Waals surface area contributed by atoms with Gasteiger partial charge >= 0.3 is 5.97 Å². The van der Waals surface area contributed by atoms with Crippen molar-refractivity contribution in [2.24, 2.45) is 0 Å². The topological polar surface area (TPSA) is 61.8 Å². The lowest BCUT2D eigenvalue weighted by Crippen LogP contribution is -2.14. The predicted molar refractivity (Wildman–Crippen MR) is 102 cm³/mol. The van der Waals surface area contributed by atoms with Gasteiger partial charge in [-0.05, 0) is 60.6 Å². The van der Waals surface area contributed by atoms with E-state index in [1.807, 2.05) is 30.3 Å². The Morgan fingerprint density at radius 3 is 2.33 bits per heavy atom. The lowest BCUT2D eigenvalue weighted by molar-refractivity contribution is -0.142. The van der Waals surface area contributed by atoms with E-state index in [1.165, 1.54) is 11.1 Å². The van der Waals surface area contributed by atoms with Crippen molar-refractivity contribution in [1.82, 2.24) is 0 Å². The van der Waals surface area contributed by atoms with E-state index < -0.39 is 5.97 Å². The first-order chi connectivity index (χ1) is 13.1. The van der Waals surface area contributed by atoms with Crippen LogP contribution in [0.4, 0.5) is 0 Å². The Balaban J connectivity index is 1.50. The van der Waals surface area contributed by atoms with E-state index in [0.717, 1.165) is 24.8 Å². The van der Waals surface area contributed by atoms with Gasteiger partial charge in [-0.25, -0.2) is 0 Å². The van der Waals surface area contributed by atoms with Gasteiger partial charge < -0.3 is 14.2 Å². The van der Waals surface area contributed by atoms with Gasteiger partial charge in [0, 0.05) is 18.1 Å². The Bertz CT molecular complexity index is 818. The van der Waals surface area contributed by atoms with E-state index >= 15 is 0 Å². The Morgan fingerprint density at radius 1 is 0.926 bits per heavy atom. The van der Waals surface area contributed by atoms with Crippen molar-refractivity contribution in [3.63, 3.8) is 0 Å². The zero-order valence-electron chi connectivity index (χ0n) is 15.7. The number of Topliss-reactive ketones (excluding diaryl/α,β-unsaturated/α-hetero) is 1. The van der Waals surface area contributed by atoms with Crippen LogP contribution in [0.5, 0.6) is 11.5 Å². The van der Waals surface area contributed by atoms with Gasteiger partial charge in [-0.2, -0.15) is 0 Å². The maximum atomic E-state index is 12.3. The summed E-state index contributed by atoms with van der Waals surface area (Å²) in [5, 5.41) is 0. The molecule has 3 rings (SSSR count). The summed E-state index contributed by atoms with van der Waals surface area (Å²) in [5.41, 5.74) is 4.07. The monoisotopic (exact) mass is 368 g/mol. The summed E-state index contributed by atoms with van der Waals surface area (Å²) in [6.45, 7) is -0.223. The standard InChI is InChI=1S/C22H24O5/c1-25-19-10-15(11-20(13-19)26-2)6-9-22(24)27-14-21(23)18-8-7-16-4-3-5-17(16)12-18/h7-8,10-13H,3-6,9,14H2,1-2H3. The van der Waals surface area contributed by atoms with Crippen molar-refractivity contribution >= 4 is 11.8 Å². The third kappa shape index (κ3) is 4.88. The minimum atomic E-state index is -0.397. The number of rotatable bonds is 8. The predicted octanol–water partition coefficient (Wildman–Crippen LogP) is 3.55. The van der Waals surface area contributed by atoms with E-state index in [4.69, 9.17) is 14.2 Å². The van der Waals surface area contributed by atoms with E-state index in [-0.39, 0.29) is 18.8 Å². The zero-order chi connectivity index (χ0) is 19.2. The van der Waals surface area contributed by atoms with Crippen molar-refractivity contribution in [3.8, 4) is 11.5 Å². The molecule has 0 atom stereocenters. The largest absolute Gasteiger partial charge is 0.497 e. The summed E-state index contributed by atoms with van der Waals surface area (Å²) >= 11 is 0. The molecule has 1 aliphatic carbocycles. The number of hydrogen-bond donors (Lipinski definition) is 0. The highest BCUT2D eigenvalue weighted by Gasteiger charge is 2.15. The molecule has 1 aliphatic rings. The number of ether oxygens (including phenoxy) is 3. The van der Waals surface area contributed by atoms with Gasteiger partial charge in [0.05, 0.1) is 14.2 Å². The third-order valence-electron chi connectivity index (χ3n) is 4.81. The molecule has 0 heterocycles. The number of benzene rings is 2. The second kappa shape index (κ2) is 8.71. The summed E-state index contributed by atoms with van der Waals surface area (Å²) in [4.78, 5) is 24.3. The van der Waals surface area contributed by atoms with Crippen molar-refractivity contribution in [2.45, 2.75) is 32.1 Å². The SMILES string of the molecule is COc1cc(CCC(=O)OCC(=O)c2ccc3c(c2)CCC3)cc(OC)c1. The summed E-state index contributed by atoms with van der Waals surface area (Å²) < 4.78 is 15.6. The number of fused-ring (bicyclic) bond motifs is 1. The number of hydrogen-bond acceptors (Lipinski definition) is 5. The van der Waals surface area contributed by atoms with Gasteiger partial charge in [0.1, 0.15) is 11.5 Å². The number of carbonyl (C=O) groups is 2. The van der Waals surface area contributed by atoms with Crippen LogP contribution in [0.1, 0.15) is 39.9 Å². The van der Waals surface area contributed by atoms with E-state index in [1.54, 1.807) is 20.3 Å². The van der Waals surface area contributed by atoms with Crippen LogP contribution in [0.25, 0.3) is 0 Å². The van der Waals surface area contributed by atoms with E-state index in [0.29, 0.717) is 23.5 Å². The van der Waals surface area contributed by atoms with Crippen molar-refractivity contribution in [2.75, 3.05) is 20.8 Å². The maximum Gasteiger partial charge on any atom is 0.306 e. The minimum Gasteiger partial charge on any atom is -0.497 e. The fourth-order valence-electron chi connectivity index (χ4n) is 3.30. The van der Waals surface area contributed by atoms with Crippen LogP contribution in [0.3, 0.4) is 0 Å². The molecule has 2 aromatic rings. The molecule has 5 nitrogen and oxygen atoms in total. The second-order valence-corrected chi connectivity index (χ2v) is 6.64. The molecule has 0 saturated heterocycles. The quantitative estimate of drug-likeness (QED) is 0.527. The average Bonchev–Trinajstić information content (AvgIpc) is 3.17. The molecular weight excluding hydrogens is 344 g/mol. The van der Waals surface area contributed by atoms with Crippen molar-refractivity contribution < 1.29 is 23.8 Å². The number of aryl methyl sites for hydroxylation is 3. The van der Waals surface area contributed by atoms with Gasteiger partial charge in [0.25, 0.3) is 0 Å². The van der Waals surface area contributed by atoms with Gasteiger partial charge in [0.15, 0.2) is 12.4 Å². The first-order valence-electron chi connectivity index (χ1n) is 9.11. The van der Waals surface area contributed by atoms with Gasteiger partial charge in [-0.1, -0.05) is 12.1 Å². The molecule has 0 fully saturated rings. The first-order valence-corrected chi connectivity index (χ1v) is 9.11.